The van der Waals surface area contributed by atoms with Crippen LogP contribution in [0.4, 0.5) is 4.39 Å². The molecule has 0 amide bonds. The van der Waals surface area contributed by atoms with Crippen molar-refractivity contribution in [3.8, 4) is 0 Å². The summed E-state index contributed by atoms with van der Waals surface area (Å²) < 4.78 is 17.4. The van der Waals surface area contributed by atoms with Gasteiger partial charge in [-0.25, -0.2) is 4.39 Å². The van der Waals surface area contributed by atoms with Gasteiger partial charge in [0.1, 0.15) is 11.6 Å². The maximum absolute atomic E-state index is 12.6. The number of hydrogen-bond acceptors (Lipinski definition) is 3. The van der Waals surface area contributed by atoms with E-state index in [9.17, 15) is 9.18 Å². The highest BCUT2D eigenvalue weighted by Gasteiger charge is 2.14. The van der Waals surface area contributed by atoms with Crippen molar-refractivity contribution in [1.82, 2.24) is 5.16 Å². The van der Waals surface area contributed by atoms with E-state index in [1.807, 2.05) is 0 Å². The molecule has 0 radical (unpaired) electrons. The second kappa shape index (κ2) is 3.65. The van der Waals surface area contributed by atoms with Gasteiger partial charge in [-0.15, -0.1) is 0 Å². The summed E-state index contributed by atoms with van der Waals surface area (Å²) in [6, 6.07) is 5.36. The van der Waals surface area contributed by atoms with Gasteiger partial charge in [-0.2, -0.15) is 0 Å². The van der Waals surface area contributed by atoms with Gasteiger partial charge in [-0.1, -0.05) is 5.16 Å². The van der Waals surface area contributed by atoms with Gasteiger partial charge in [0, 0.05) is 5.56 Å². The third kappa shape index (κ3) is 1.79. The molecule has 15 heavy (non-hydrogen) atoms. The molecule has 0 bridgehead atoms. The van der Waals surface area contributed by atoms with E-state index in [-0.39, 0.29) is 11.6 Å². The molecule has 0 unspecified atom stereocenters. The Hall–Kier alpha value is -1.97. The summed E-state index contributed by atoms with van der Waals surface area (Å²) in [5, 5.41) is 3.52. The fourth-order valence-electron chi connectivity index (χ4n) is 1.27. The Kier molecular flexibility index (Phi) is 2.33. The molecule has 2 aromatic rings. The predicted molar refractivity (Wildman–Crippen MR) is 51.1 cm³/mol. The van der Waals surface area contributed by atoms with Crippen LogP contribution in [-0.4, -0.2) is 10.9 Å². The first kappa shape index (κ1) is 9.58. The molecule has 4 heteroatoms. The van der Waals surface area contributed by atoms with Gasteiger partial charge in [-0.3, -0.25) is 4.79 Å². The summed E-state index contributed by atoms with van der Waals surface area (Å²) in [5.41, 5.74) is 0.823. The first-order valence-electron chi connectivity index (χ1n) is 4.40. The van der Waals surface area contributed by atoms with Crippen LogP contribution in [0.5, 0.6) is 0 Å². The monoisotopic (exact) mass is 205 g/mol. The summed E-state index contributed by atoms with van der Waals surface area (Å²) in [4.78, 5) is 11.8. The highest BCUT2D eigenvalue weighted by Crippen LogP contribution is 2.13. The normalized spacial score (nSPS) is 10.3. The Morgan fingerprint density at radius 1 is 1.33 bits per heavy atom. The van der Waals surface area contributed by atoms with Crippen molar-refractivity contribution >= 4 is 5.78 Å². The highest BCUT2D eigenvalue weighted by molar-refractivity contribution is 6.09. The minimum Gasteiger partial charge on any atom is -0.361 e. The minimum absolute atomic E-state index is 0.214. The van der Waals surface area contributed by atoms with Gasteiger partial charge in [0.2, 0.25) is 0 Å². The van der Waals surface area contributed by atoms with Crippen molar-refractivity contribution in [2.45, 2.75) is 6.92 Å². The molecule has 0 saturated heterocycles. The minimum atomic E-state index is -0.367. The SMILES string of the molecule is Cc1oncc1C(=O)c1ccc(F)cc1. The third-order valence-corrected chi connectivity index (χ3v) is 2.10. The van der Waals surface area contributed by atoms with Crippen molar-refractivity contribution < 1.29 is 13.7 Å². The van der Waals surface area contributed by atoms with Crippen molar-refractivity contribution in [1.29, 1.82) is 0 Å². The molecule has 0 aliphatic carbocycles. The molecule has 0 saturated carbocycles. The van der Waals surface area contributed by atoms with E-state index in [0.29, 0.717) is 16.9 Å². The van der Waals surface area contributed by atoms with E-state index >= 15 is 0 Å². The number of benzene rings is 1. The Labute approximate surface area is 85.5 Å². The van der Waals surface area contributed by atoms with Gasteiger partial charge < -0.3 is 4.52 Å². The van der Waals surface area contributed by atoms with Crippen LogP contribution < -0.4 is 0 Å². The quantitative estimate of drug-likeness (QED) is 0.707. The number of nitrogens with zero attached hydrogens (tertiary/aromatic N) is 1. The van der Waals surface area contributed by atoms with Gasteiger partial charge in [0.15, 0.2) is 5.78 Å². The van der Waals surface area contributed by atoms with E-state index in [0.717, 1.165) is 0 Å². The Morgan fingerprint density at radius 3 is 2.53 bits per heavy atom. The number of aromatic nitrogens is 1. The zero-order valence-electron chi connectivity index (χ0n) is 8.03. The maximum Gasteiger partial charge on any atom is 0.198 e. The van der Waals surface area contributed by atoms with Crippen molar-refractivity contribution in [2.75, 3.05) is 0 Å². The van der Waals surface area contributed by atoms with Gasteiger partial charge in [-0.05, 0) is 31.2 Å². The summed E-state index contributed by atoms with van der Waals surface area (Å²) >= 11 is 0. The van der Waals surface area contributed by atoms with Gasteiger partial charge in [0.25, 0.3) is 0 Å². The molecule has 0 spiro atoms. The Balaban J connectivity index is 2.37. The standard InChI is InChI=1S/C11H8FNO2/c1-7-10(6-13-15-7)11(14)8-2-4-9(12)5-3-8/h2-6H,1H3. The fourth-order valence-corrected chi connectivity index (χ4v) is 1.27. The summed E-state index contributed by atoms with van der Waals surface area (Å²) in [6.45, 7) is 1.66. The molecular weight excluding hydrogens is 197 g/mol. The van der Waals surface area contributed by atoms with Crippen LogP contribution in [0.15, 0.2) is 35.0 Å². The lowest BCUT2D eigenvalue weighted by molar-refractivity contribution is 0.103. The average Bonchev–Trinajstić information content (AvgIpc) is 2.65. The van der Waals surface area contributed by atoms with Crippen LogP contribution in [0.2, 0.25) is 0 Å². The van der Waals surface area contributed by atoms with Crippen LogP contribution in [0.1, 0.15) is 21.7 Å². The largest absolute Gasteiger partial charge is 0.361 e. The predicted octanol–water partition coefficient (Wildman–Crippen LogP) is 2.35. The molecule has 3 nitrogen and oxygen atoms in total. The number of carbonyl (C=O) groups is 1. The van der Waals surface area contributed by atoms with Gasteiger partial charge in [0.05, 0.1) is 11.8 Å². The van der Waals surface area contributed by atoms with Crippen LogP contribution in [0.25, 0.3) is 0 Å². The van der Waals surface area contributed by atoms with E-state index < -0.39 is 0 Å². The number of carbonyl (C=O) groups excluding carboxylic acids is 1. The number of hydrogen-bond donors (Lipinski definition) is 0. The fraction of sp³-hybridized carbons (Fsp3) is 0.0909. The second-order valence-corrected chi connectivity index (χ2v) is 3.13. The number of aryl methyl sites for hydroxylation is 1. The molecule has 1 heterocycles. The molecule has 76 valence electrons. The molecule has 0 atom stereocenters. The van der Waals surface area contributed by atoms with E-state index in [2.05, 4.69) is 5.16 Å². The number of halogens is 1. The van der Waals surface area contributed by atoms with Crippen LogP contribution in [0, 0.1) is 12.7 Å². The van der Waals surface area contributed by atoms with Crippen LogP contribution in [0.3, 0.4) is 0 Å². The highest BCUT2D eigenvalue weighted by atomic mass is 19.1. The average molecular weight is 205 g/mol. The second-order valence-electron chi connectivity index (χ2n) is 3.13. The molecule has 0 aliphatic heterocycles. The van der Waals surface area contributed by atoms with Crippen molar-refractivity contribution in [2.24, 2.45) is 0 Å². The molecule has 0 aliphatic rings. The topological polar surface area (TPSA) is 43.1 Å². The van der Waals surface area contributed by atoms with Crippen LogP contribution >= 0.6 is 0 Å². The first-order valence-corrected chi connectivity index (χ1v) is 4.40. The van der Waals surface area contributed by atoms with E-state index in [1.165, 1.54) is 30.5 Å². The molecule has 0 N–H and O–H groups in total. The first-order chi connectivity index (χ1) is 7.18. The lowest BCUT2D eigenvalue weighted by atomic mass is 10.0. The summed E-state index contributed by atoms with van der Waals surface area (Å²) in [7, 11) is 0. The molecule has 1 aromatic carbocycles. The smallest absolute Gasteiger partial charge is 0.198 e. The molecule has 2 rings (SSSR count). The lowest BCUT2D eigenvalue weighted by Crippen LogP contribution is -2.01. The van der Waals surface area contributed by atoms with E-state index in [1.54, 1.807) is 6.92 Å². The van der Waals surface area contributed by atoms with Crippen LogP contribution in [-0.2, 0) is 0 Å². The Bertz CT molecular complexity index is 488. The van der Waals surface area contributed by atoms with Gasteiger partial charge >= 0.3 is 0 Å². The summed E-state index contributed by atoms with van der Waals surface area (Å²) in [5.74, 6) is -0.119. The number of rotatable bonds is 2. The maximum atomic E-state index is 12.6. The molecular formula is C11H8FNO2. The van der Waals surface area contributed by atoms with Crippen molar-refractivity contribution in [3.05, 3.63) is 53.2 Å². The Morgan fingerprint density at radius 2 is 2.00 bits per heavy atom. The van der Waals surface area contributed by atoms with Crippen molar-refractivity contribution in [3.63, 3.8) is 0 Å². The zero-order chi connectivity index (χ0) is 10.8. The molecule has 1 aromatic heterocycles. The third-order valence-electron chi connectivity index (χ3n) is 2.10. The van der Waals surface area contributed by atoms with E-state index in [4.69, 9.17) is 4.52 Å². The zero-order valence-corrected chi connectivity index (χ0v) is 8.03. The lowest BCUT2D eigenvalue weighted by Gasteiger charge is -1.97. The summed E-state index contributed by atoms with van der Waals surface area (Å²) in [6.07, 6.45) is 1.36. The number of ketones is 1. The molecule has 0 fully saturated rings.